The van der Waals surface area contributed by atoms with E-state index in [1.807, 2.05) is 146 Å². The summed E-state index contributed by atoms with van der Waals surface area (Å²) in [4.78, 5) is 41.4. The van der Waals surface area contributed by atoms with Crippen LogP contribution >= 0.6 is 0 Å². The van der Waals surface area contributed by atoms with E-state index >= 15 is 0 Å². The number of carboxylic acid groups (broad SMARTS) is 1. The number of rotatable bonds is 15. The van der Waals surface area contributed by atoms with E-state index in [9.17, 15) is 19.5 Å². The first-order chi connectivity index (χ1) is 23.4. The minimum absolute atomic E-state index is 0.0549. The molecule has 2 amide bonds. The Balaban J connectivity index is 1.33. The summed E-state index contributed by atoms with van der Waals surface area (Å²) >= 11 is 0. The van der Waals surface area contributed by atoms with Crippen molar-refractivity contribution in [2.24, 2.45) is 5.92 Å². The van der Waals surface area contributed by atoms with Crippen molar-refractivity contribution in [1.82, 2.24) is 10.2 Å². The first-order valence-corrected chi connectivity index (χ1v) is 16.2. The summed E-state index contributed by atoms with van der Waals surface area (Å²) in [5.41, 5.74) is 5.66. The molecule has 2 atom stereocenters. The van der Waals surface area contributed by atoms with Gasteiger partial charge in [-0.3, -0.25) is 4.79 Å². The van der Waals surface area contributed by atoms with E-state index in [2.05, 4.69) is 5.32 Å². The maximum absolute atomic E-state index is 13.9. The summed E-state index contributed by atoms with van der Waals surface area (Å²) in [6.45, 7) is 0.369. The molecule has 0 heterocycles. The van der Waals surface area contributed by atoms with Crippen molar-refractivity contribution in [3.63, 3.8) is 0 Å². The van der Waals surface area contributed by atoms with Crippen LogP contribution < -0.4 is 5.32 Å². The number of urea groups is 1. The number of aryl methyl sites for hydroxylation is 1. The predicted molar refractivity (Wildman–Crippen MR) is 187 cm³/mol. The molecule has 0 aromatic heterocycles. The third-order valence-electron chi connectivity index (χ3n) is 8.22. The van der Waals surface area contributed by atoms with Gasteiger partial charge in [-0.15, -0.1) is 0 Å². The van der Waals surface area contributed by atoms with Crippen LogP contribution in [-0.4, -0.2) is 40.6 Å². The molecule has 5 rings (SSSR count). The lowest BCUT2D eigenvalue weighted by Crippen LogP contribution is -2.50. The molecule has 0 aliphatic carbocycles. The van der Waals surface area contributed by atoms with Crippen molar-refractivity contribution >= 4 is 18.0 Å². The Kier molecular flexibility index (Phi) is 12.1. The number of ether oxygens (including phenoxy) is 1. The maximum Gasteiger partial charge on any atom is 0.326 e. The maximum atomic E-state index is 13.9. The number of carbonyl (C=O) groups excluding carboxylic acids is 2. The third kappa shape index (κ3) is 10.2. The van der Waals surface area contributed by atoms with Crippen LogP contribution in [0.25, 0.3) is 11.1 Å². The number of esters is 1. The second kappa shape index (κ2) is 17.3. The highest BCUT2D eigenvalue weighted by molar-refractivity contribution is 5.83. The zero-order valence-electron chi connectivity index (χ0n) is 26.8. The molecule has 0 aliphatic heterocycles. The fourth-order valence-electron chi connectivity index (χ4n) is 5.54. The van der Waals surface area contributed by atoms with Gasteiger partial charge < -0.3 is 20.1 Å². The number of hydrogen-bond acceptors (Lipinski definition) is 4. The van der Waals surface area contributed by atoms with Crippen LogP contribution in [-0.2, 0) is 40.3 Å². The topological polar surface area (TPSA) is 95.9 Å². The van der Waals surface area contributed by atoms with Gasteiger partial charge in [0, 0.05) is 19.5 Å². The monoisotopic (exact) mass is 640 g/mol. The molecule has 0 bridgehead atoms. The lowest BCUT2D eigenvalue weighted by Gasteiger charge is -2.29. The second-order valence-corrected chi connectivity index (χ2v) is 11.8. The van der Waals surface area contributed by atoms with E-state index in [4.69, 9.17) is 4.74 Å². The normalized spacial score (nSPS) is 12.0. The zero-order valence-corrected chi connectivity index (χ0v) is 26.8. The van der Waals surface area contributed by atoms with Crippen molar-refractivity contribution in [3.05, 3.63) is 168 Å². The summed E-state index contributed by atoms with van der Waals surface area (Å²) < 4.78 is 5.76. The molecule has 0 spiro atoms. The molecule has 48 heavy (non-hydrogen) atoms. The Bertz CT molecular complexity index is 1730. The Morgan fingerprint density at radius 3 is 1.73 bits per heavy atom. The largest absolute Gasteiger partial charge is 0.480 e. The third-order valence-corrected chi connectivity index (χ3v) is 8.22. The quantitative estimate of drug-likeness (QED) is 0.115. The molecule has 2 N–H and O–H groups in total. The van der Waals surface area contributed by atoms with Crippen molar-refractivity contribution in [3.8, 4) is 11.1 Å². The molecular formula is C41H40N2O5. The average Bonchev–Trinajstić information content (AvgIpc) is 3.13. The standard InChI is InChI=1S/C41H40N2O5/c44-39(45)38(27-32-22-24-36(25-23-32)35-19-11-4-12-20-35)42-41(47)43(28-33-15-7-2-8-16-33)29-37(26-21-31-13-5-1-6-14-31)40(46)48-30-34-17-9-3-10-18-34/h1-20,22-25,37-38H,21,26-30H2,(H,42,47)(H,44,45)/t37-,38-/m0/s1. The van der Waals surface area contributed by atoms with Gasteiger partial charge >= 0.3 is 18.0 Å². The molecule has 244 valence electrons. The van der Waals surface area contributed by atoms with Crippen LogP contribution in [0.2, 0.25) is 0 Å². The van der Waals surface area contributed by atoms with E-state index in [-0.39, 0.29) is 26.1 Å². The van der Waals surface area contributed by atoms with Crippen molar-refractivity contribution < 1.29 is 24.2 Å². The number of nitrogens with zero attached hydrogens (tertiary/aromatic N) is 1. The summed E-state index contributed by atoms with van der Waals surface area (Å²) in [6, 6.07) is 44.6. The van der Waals surface area contributed by atoms with Gasteiger partial charge in [-0.1, -0.05) is 146 Å². The van der Waals surface area contributed by atoms with Crippen molar-refractivity contribution in [2.45, 2.75) is 38.5 Å². The molecule has 0 saturated heterocycles. The molecule has 0 aliphatic rings. The summed E-state index contributed by atoms with van der Waals surface area (Å²) in [5.74, 6) is -2.19. The fourth-order valence-corrected chi connectivity index (χ4v) is 5.54. The Hall–Kier alpha value is -5.69. The van der Waals surface area contributed by atoms with E-state index in [0.717, 1.165) is 33.4 Å². The summed E-state index contributed by atoms with van der Waals surface area (Å²) in [7, 11) is 0. The first kappa shape index (κ1) is 33.7. The fraction of sp³-hybridized carbons (Fsp3) is 0.195. The second-order valence-electron chi connectivity index (χ2n) is 11.8. The highest BCUT2D eigenvalue weighted by Crippen LogP contribution is 2.21. The van der Waals surface area contributed by atoms with Crippen LogP contribution in [0.4, 0.5) is 4.79 Å². The van der Waals surface area contributed by atoms with E-state index < -0.39 is 29.9 Å². The number of nitrogens with one attached hydrogen (secondary N) is 1. The molecule has 7 heteroatoms. The Morgan fingerprint density at radius 1 is 0.625 bits per heavy atom. The van der Waals surface area contributed by atoms with Gasteiger partial charge in [0.25, 0.3) is 0 Å². The molecule has 5 aromatic rings. The van der Waals surface area contributed by atoms with Gasteiger partial charge in [-0.05, 0) is 46.2 Å². The lowest BCUT2D eigenvalue weighted by atomic mass is 9.98. The number of amides is 2. The van der Waals surface area contributed by atoms with Gasteiger partial charge in [0.2, 0.25) is 0 Å². The highest BCUT2D eigenvalue weighted by atomic mass is 16.5. The molecule has 7 nitrogen and oxygen atoms in total. The number of benzene rings is 5. The average molecular weight is 641 g/mol. The van der Waals surface area contributed by atoms with Crippen LogP contribution in [0.1, 0.15) is 28.7 Å². The Labute approximate surface area is 281 Å². The van der Waals surface area contributed by atoms with Gasteiger partial charge in [0.15, 0.2) is 0 Å². The first-order valence-electron chi connectivity index (χ1n) is 16.2. The number of carboxylic acids is 1. The molecule has 0 fully saturated rings. The molecule has 5 aromatic carbocycles. The van der Waals surface area contributed by atoms with Crippen LogP contribution in [0.3, 0.4) is 0 Å². The van der Waals surface area contributed by atoms with Gasteiger partial charge in [-0.25, -0.2) is 9.59 Å². The summed E-state index contributed by atoms with van der Waals surface area (Å²) in [5, 5.41) is 12.9. The van der Waals surface area contributed by atoms with Crippen molar-refractivity contribution in [1.29, 1.82) is 0 Å². The Morgan fingerprint density at radius 2 is 1.15 bits per heavy atom. The van der Waals surface area contributed by atoms with Gasteiger partial charge in [-0.2, -0.15) is 0 Å². The van der Waals surface area contributed by atoms with Gasteiger partial charge in [0.05, 0.1) is 5.92 Å². The molecular weight excluding hydrogens is 600 g/mol. The van der Waals surface area contributed by atoms with Crippen LogP contribution in [0.15, 0.2) is 146 Å². The van der Waals surface area contributed by atoms with Crippen molar-refractivity contribution in [2.75, 3.05) is 6.54 Å². The lowest BCUT2D eigenvalue weighted by molar-refractivity contribution is -0.150. The number of carbonyl (C=O) groups is 3. The zero-order chi connectivity index (χ0) is 33.6. The molecule has 0 radical (unpaired) electrons. The SMILES string of the molecule is O=C(OCc1ccccc1)[C@@H](CCc1ccccc1)CN(Cc1ccccc1)C(=O)N[C@@H](Cc1ccc(-c2ccccc2)cc1)C(=O)O. The van der Waals surface area contributed by atoms with E-state index in [1.54, 1.807) is 0 Å². The predicted octanol–water partition coefficient (Wildman–Crippen LogP) is 7.55. The highest BCUT2D eigenvalue weighted by Gasteiger charge is 2.29. The number of aliphatic carboxylic acids is 1. The van der Waals surface area contributed by atoms with E-state index in [0.29, 0.717) is 12.8 Å². The van der Waals surface area contributed by atoms with E-state index in [1.165, 1.54) is 4.90 Å². The molecule has 0 unspecified atom stereocenters. The van der Waals surface area contributed by atoms with Crippen LogP contribution in [0.5, 0.6) is 0 Å². The molecule has 0 saturated carbocycles. The minimum Gasteiger partial charge on any atom is -0.480 e. The number of hydrogen-bond donors (Lipinski definition) is 2. The summed E-state index contributed by atoms with van der Waals surface area (Å²) in [6.07, 6.45) is 1.17. The van der Waals surface area contributed by atoms with Crippen LogP contribution in [0, 0.1) is 5.92 Å². The van der Waals surface area contributed by atoms with Gasteiger partial charge in [0.1, 0.15) is 12.6 Å². The minimum atomic E-state index is -1.17. The smallest absolute Gasteiger partial charge is 0.326 e.